The van der Waals surface area contributed by atoms with E-state index in [4.69, 9.17) is 23.2 Å². The molecule has 0 aliphatic rings. The molecule has 0 saturated heterocycles. The first-order valence-corrected chi connectivity index (χ1v) is 8.02. The zero-order valence-electron chi connectivity index (χ0n) is 11.0. The highest BCUT2D eigenvalue weighted by molar-refractivity contribution is 7.22. The maximum absolute atomic E-state index is 6.20. The van der Waals surface area contributed by atoms with Crippen LogP contribution >= 0.6 is 34.5 Å². The van der Waals surface area contributed by atoms with Gasteiger partial charge in [0.25, 0.3) is 0 Å². The maximum atomic E-state index is 6.20. The Hall–Kier alpha value is -1.95. The summed E-state index contributed by atoms with van der Waals surface area (Å²) in [6, 6.07) is 13.2. The van der Waals surface area contributed by atoms with Gasteiger partial charge >= 0.3 is 0 Å². The Morgan fingerprint density at radius 3 is 2.45 bits per heavy atom. The summed E-state index contributed by atoms with van der Waals surface area (Å²) in [6.07, 6.45) is 0. The van der Waals surface area contributed by atoms with Crippen LogP contribution in [0.2, 0.25) is 10.2 Å². The Labute approximate surface area is 139 Å². The summed E-state index contributed by atoms with van der Waals surface area (Å²) in [5.41, 5.74) is 2.41. The number of thiazole rings is 1. The van der Waals surface area contributed by atoms with Gasteiger partial charge in [-0.15, -0.1) is 0 Å². The number of benzene rings is 2. The number of nitrogens with zero attached hydrogens (tertiary/aromatic N) is 3. The first-order chi connectivity index (χ1) is 10.7. The molecule has 0 unspecified atom stereocenters. The third-order valence-corrected chi connectivity index (χ3v) is 4.54. The summed E-state index contributed by atoms with van der Waals surface area (Å²) < 4.78 is 1.000. The molecular weight excluding hydrogens is 339 g/mol. The molecule has 0 fully saturated rings. The van der Waals surface area contributed by atoms with Crippen molar-refractivity contribution in [3.8, 4) is 0 Å². The predicted octanol–water partition coefficient (Wildman–Crippen LogP) is 5.29. The van der Waals surface area contributed by atoms with E-state index in [1.54, 1.807) is 0 Å². The average molecular weight is 347 g/mol. The third kappa shape index (κ3) is 2.47. The van der Waals surface area contributed by atoms with Crippen LogP contribution in [0.4, 0.5) is 10.9 Å². The standard InChI is InChI=1S/C15H8Cl2N4S/c16-8-5-6-11-12(7-8)22-15(20-11)21-14-13(17)18-9-3-1-2-4-10(9)19-14/h1-7H,(H,19,20,21). The van der Waals surface area contributed by atoms with Crippen molar-refractivity contribution in [3.63, 3.8) is 0 Å². The van der Waals surface area contributed by atoms with Gasteiger partial charge in [-0.05, 0) is 30.3 Å². The van der Waals surface area contributed by atoms with E-state index in [1.807, 2.05) is 42.5 Å². The molecule has 1 N–H and O–H groups in total. The Morgan fingerprint density at radius 1 is 0.864 bits per heavy atom. The van der Waals surface area contributed by atoms with E-state index >= 15 is 0 Å². The molecule has 0 spiro atoms. The smallest absolute Gasteiger partial charge is 0.189 e. The summed E-state index contributed by atoms with van der Waals surface area (Å²) in [6.45, 7) is 0. The van der Waals surface area contributed by atoms with Crippen LogP contribution < -0.4 is 5.32 Å². The number of fused-ring (bicyclic) bond motifs is 2. The van der Waals surface area contributed by atoms with Gasteiger partial charge in [-0.1, -0.05) is 46.7 Å². The van der Waals surface area contributed by atoms with Gasteiger partial charge in [0.1, 0.15) is 0 Å². The van der Waals surface area contributed by atoms with Crippen molar-refractivity contribution in [1.82, 2.24) is 15.0 Å². The molecule has 0 amide bonds. The van der Waals surface area contributed by atoms with Crippen LogP contribution in [-0.4, -0.2) is 15.0 Å². The fourth-order valence-electron chi connectivity index (χ4n) is 2.11. The molecule has 0 radical (unpaired) electrons. The molecule has 4 nitrogen and oxygen atoms in total. The predicted molar refractivity (Wildman–Crippen MR) is 92.5 cm³/mol. The molecule has 4 aromatic rings. The molecular formula is C15H8Cl2N4S. The number of rotatable bonds is 2. The Balaban J connectivity index is 1.76. The van der Waals surface area contributed by atoms with E-state index in [0.717, 1.165) is 21.3 Å². The Bertz CT molecular complexity index is 999. The van der Waals surface area contributed by atoms with Gasteiger partial charge in [-0.3, -0.25) is 0 Å². The Morgan fingerprint density at radius 2 is 1.64 bits per heavy atom. The van der Waals surface area contributed by atoms with Crippen molar-refractivity contribution in [3.05, 3.63) is 52.6 Å². The zero-order chi connectivity index (χ0) is 15.1. The van der Waals surface area contributed by atoms with Gasteiger partial charge in [0.2, 0.25) is 0 Å². The fourth-order valence-corrected chi connectivity index (χ4v) is 3.43. The van der Waals surface area contributed by atoms with E-state index in [-0.39, 0.29) is 0 Å². The molecule has 0 aliphatic heterocycles. The molecule has 0 aliphatic carbocycles. The monoisotopic (exact) mass is 346 g/mol. The number of hydrogen-bond donors (Lipinski definition) is 1. The minimum absolute atomic E-state index is 0.316. The first kappa shape index (κ1) is 13.7. The summed E-state index contributed by atoms with van der Waals surface area (Å²) in [5.74, 6) is 0.491. The van der Waals surface area contributed by atoms with Crippen LogP contribution in [0.1, 0.15) is 0 Å². The number of hydrogen-bond acceptors (Lipinski definition) is 5. The van der Waals surface area contributed by atoms with Gasteiger partial charge in [0, 0.05) is 5.02 Å². The summed E-state index contributed by atoms with van der Waals surface area (Å²) in [7, 11) is 0. The number of para-hydroxylation sites is 2. The summed E-state index contributed by atoms with van der Waals surface area (Å²) in [4.78, 5) is 13.3. The summed E-state index contributed by atoms with van der Waals surface area (Å²) >= 11 is 13.7. The van der Waals surface area contributed by atoms with Gasteiger partial charge in [-0.25, -0.2) is 15.0 Å². The highest BCUT2D eigenvalue weighted by Gasteiger charge is 2.10. The van der Waals surface area contributed by atoms with Gasteiger partial charge in [-0.2, -0.15) is 0 Å². The molecule has 22 heavy (non-hydrogen) atoms. The second kappa shape index (κ2) is 5.35. The van der Waals surface area contributed by atoms with Gasteiger partial charge in [0.05, 0.1) is 21.3 Å². The molecule has 108 valence electrons. The van der Waals surface area contributed by atoms with Crippen molar-refractivity contribution in [2.24, 2.45) is 0 Å². The third-order valence-electron chi connectivity index (χ3n) is 3.10. The van der Waals surface area contributed by atoms with Crippen LogP contribution in [-0.2, 0) is 0 Å². The lowest BCUT2D eigenvalue weighted by Crippen LogP contribution is -1.96. The van der Waals surface area contributed by atoms with E-state index < -0.39 is 0 Å². The van der Waals surface area contributed by atoms with Crippen molar-refractivity contribution in [2.45, 2.75) is 0 Å². The SMILES string of the molecule is Clc1ccc2nc(Nc3nc4ccccc4nc3Cl)sc2c1. The molecule has 4 rings (SSSR count). The molecule has 0 saturated carbocycles. The highest BCUT2D eigenvalue weighted by Crippen LogP contribution is 2.31. The van der Waals surface area contributed by atoms with E-state index in [0.29, 0.717) is 21.1 Å². The minimum Gasteiger partial charge on any atom is -0.314 e. The zero-order valence-corrected chi connectivity index (χ0v) is 13.4. The second-order valence-electron chi connectivity index (χ2n) is 4.61. The number of aromatic nitrogens is 3. The fraction of sp³-hybridized carbons (Fsp3) is 0. The van der Waals surface area contributed by atoms with E-state index in [2.05, 4.69) is 20.3 Å². The van der Waals surface area contributed by atoms with Crippen LogP contribution in [0.25, 0.3) is 21.3 Å². The van der Waals surface area contributed by atoms with Crippen molar-refractivity contribution < 1.29 is 0 Å². The molecule has 7 heteroatoms. The number of nitrogens with one attached hydrogen (secondary N) is 1. The van der Waals surface area contributed by atoms with E-state index in [9.17, 15) is 0 Å². The quantitative estimate of drug-likeness (QED) is 0.535. The lowest BCUT2D eigenvalue weighted by Gasteiger charge is -2.05. The second-order valence-corrected chi connectivity index (χ2v) is 6.43. The summed E-state index contributed by atoms with van der Waals surface area (Å²) in [5, 5.41) is 4.83. The molecule has 2 heterocycles. The van der Waals surface area contributed by atoms with Crippen LogP contribution in [0.5, 0.6) is 0 Å². The van der Waals surface area contributed by atoms with E-state index in [1.165, 1.54) is 11.3 Å². The van der Waals surface area contributed by atoms with Gasteiger partial charge in [0.15, 0.2) is 16.1 Å². The van der Waals surface area contributed by atoms with Crippen LogP contribution in [0, 0.1) is 0 Å². The minimum atomic E-state index is 0.316. The lowest BCUT2D eigenvalue weighted by molar-refractivity contribution is 1.27. The molecule has 2 aromatic heterocycles. The van der Waals surface area contributed by atoms with Crippen molar-refractivity contribution in [2.75, 3.05) is 5.32 Å². The lowest BCUT2D eigenvalue weighted by atomic mass is 10.3. The molecule has 0 bridgehead atoms. The number of anilines is 2. The largest absolute Gasteiger partial charge is 0.314 e. The average Bonchev–Trinajstić information content (AvgIpc) is 2.89. The maximum Gasteiger partial charge on any atom is 0.189 e. The Kier molecular flexibility index (Phi) is 3.33. The first-order valence-electron chi connectivity index (χ1n) is 6.44. The van der Waals surface area contributed by atoms with Gasteiger partial charge < -0.3 is 5.32 Å². The molecule has 0 atom stereocenters. The topological polar surface area (TPSA) is 50.7 Å². The van der Waals surface area contributed by atoms with Crippen LogP contribution in [0.3, 0.4) is 0 Å². The normalized spacial score (nSPS) is 11.2. The van der Waals surface area contributed by atoms with Crippen molar-refractivity contribution in [1.29, 1.82) is 0 Å². The van der Waals surface area contributed by atoms with Crippen LogP contribution in [0.15, 0.2) is 42.5 Å². The molecule has 2 aromatic carbocycles. The van der Waals surface area contributed by atoms with Crippen molar-refractivity contribution >= 4 is 66.7 Å². The highest BCUT2D eigenvalue weighted by atomic mass is 35.5. The number of halogens is 2.